The van der Waals surface area contributed by atoms with Crippen LogP contribution in [0.1, 0.15) is 33.6 Å². The SMILES string of the molecule is CC(C(=O)NC1CCN(C(=O)C(C)C)CC1)=C1CNC1. The van der Waals surface area contributed by atoms with Crippen LogP contribution in [-0.4, -0.2) is 48.9 Å². The summed E-state index contributed by atoms with van der Waals surface area (Å²) in [6.07, 6.45) is 1.70. The number of likely N-dealkylation sites (tertiary alicyclic amines) is 1. The highest BCUT2D eigenvalue weighted by atomic mass is 16.2. The number of rotatable bonds is 3. The first kappa shape index (κ1) is 15.0. The molecule has 2 fully saturated rings. The van der Waals surface area contributed by atoms with Crippen molar-refractivity contribution in [3.8, 4) is 0 Å². The fourth-order valence-corrected chi connectivity index (χ4v) is 2.58. The van der Waals surface area contributed by atoms with E-state index in [1.807, 2.05) is 25.7 Å². The van der Waals surface area contributed by atoms with E-state index in [4.69, 9.17) is 0 Å². The second-order valence-electron chi connectivity index (χ2n) is 6.06. The highest BCUT2D eigenvalue weighted by Gasteiger charge is 2.26. The smallest absolute Gasteiger partial charge is 0.247 e. The summed E-state index contributed by atoms with van der Waals surface area (Å²) in [5, 5.41) is 6.24. The van der Waals surface area contributed by atoms with Gasteiger partial charge in [0.15, 0.2) is 0 Å². The highest BCUT2D eigenvalue weighted by molar-refractivity contribution is 5.94. The van der Waals surface area contributed by atoms with Crippen LogP contribution >= 0.6 is 0 Å². The number of hydrogen-bond donors (Lipinski definition) is 2. The van der Waals surface area contributed by atoms with E-state index in [2.05, 4.69) is 10.6 Å². The molecule has 2 N–H and O–H groups in total. The minimum absolute atomic E-state index is 0.0511. The molecule has 0 radical (unpaired) electrons. The number of nitrogens with one attached hydrogen (secondary N) is 2. The van der Waals surface area contributed by atoms with Gasteiger partial charge < -0.3 is 15.5 Å². The van der Waals surface area contributed by atoms with Gasteiger partial charge in [-0.15, -0.1) is 0 Å². The quantitative estimate of drug-likeness (QED) is 0.747. The maximum atomic E-state index is 12.1. The lowest BCUT2D eigenvalue weighted by atomic mass is 10.0. The molecule has 20 heavy (non-hydrogen) atoms. The van der Waals surface area contributed by atoms with Crippen LogP contribution in [0, 0.1) is 5.92 Å². The fourth-order valence-electron chi connectivity index (χ4n) is 2.58. The Bertz CT molecular complexity index is 415. The summed E-state index contributed by atoms with van der Waals surface area (Å²) in [4.78, 5) is 25.9. The Hall–Kier alpha value is -1.36. The van der Waals surface area contributed by atoms with Gasteiger partial charge in [0.2, 0.25) is 11.8 Å². The van der Waals surface area contributed by atoms with E-state index in [0.717, 1.165) is 44.6 Å². The van der Waals surface area contributed by atoms with Crippen LogP contribution < -0.4 is 10.6 Å². The molecule has 0 aromatic heterocycles. The molecule has 0 bridgehead atoms. The average molecular weight is 279 g/mol. The third kappa shape index (κ3) is 3.39. The molecule has 5 nitrogen and oxygen atoms in total. The molecule has 2 aliphatic heterocycles. The lowest BCUT2D eigenvalue weighted by Gasteiger charge is -2.33. The first-order valence-electron chi connectivity index (χ1n) is 7.48. The molecule has 2 heterocycles. The van der Waals surface area contributed by atoms with Crippen molar-refractivity contribution in [2.45, 2.75) is 39.7 Å². The van der Waals surface area contributed by atoms with Crippen molar-refractivity contribution in [2.75, 3.05) is 26.2 Å². The standard InChI is InChI=1S/C15H25N3O2/c1-10(2)15(20)18-6-4-13(5-7-18)17-14(19)11(3)12-8-16-9-12/h10,13,16H,4-9H2,1-3H3,(H,17,19). The van der Waals surface area contributed by atoms with Crippen LogP contribution in [0.3, 0.4) is 0 Å². The predicted molar refractivity (Wildman–Crippen MR) is 78.2 cm³/mol. The molecule has 0 aliphatic carbocycles. The molecule has 2 amide bonds. The second-order valence-corrected chi connectivity index (χ2v) is 6.06. The van der Waals surface area contributed by atoms with Crippen LogP contribution in [0.2, 0.25) is 0 Å². The van der Waals surface area contributed by atoms with Crippen LogP contribution in [0.4, 0.5) is 0 Å². The van der Waals surface area contributed by atoms with Crippen molar-refractivity contribution in [3.05, 3.63) is 11.1 Å². The molecule has 0 aromatic carbocycles. The van der Waals surface area contributed by atoms with Gasteiger partial charge in [-0.05, 0) is 25.3 Å². The van der Waals surface area contributed by atoms with E-state index in [1.54, 1.807) is 0 Å². The summed E-state index contributed by atoms with van der Waals surface area (Å²) in [6.45, 7) is 8.92. The minimum Gasteiger partial charge on any atom is -0.349 e. The monoisotopic (exact) mass is 279 g/mol. The topological polar surface area (TPSA) is 61.4 Å². The third-order valence-electron chi connectivity index (χ3n) is 4.18. The van der Waals surface area contributed by atoms with Gasteiger partial charge in [0.05, 0.1) is 0 Å². The highest BCUT2D eigenvalue weighted by Crippen LogP contribution is 2.15. The van der Waals surface area contributed by atoms with E-state index >= 15 is 0 Å². The maximum Gasteiger partial charge on any atom is 0.247 e. The number of carbonyl (C=O) groups excluding carboxylic acids is 2. The molecule has 2 saturated heterocycles. The molecule has 0 aromatic rings. The Morgan fingerprint density at radius 2 is 1.85 bits per heavy atom. The lowest BCUT2D eigenvalue weighted by Crippen LogP contribution is -2.48. The van der Waals surface area contributed by atoms with Gasteiger partial charge >= 0.3 is 0 Å². The van der Waals surface area contributed by atoms with E-state index in [9.17, 15) is 9.59 Å². The van der Waals surface area contributed by atoms with Gasteiger partial charge in [0.1, 0.15) is 0 Å². The van der Waals surface area contributed by atoms with Gasteiger partial charge in [0, 0.05) is 43.7 Å². The minimum atomic E-state index is 0.0511. The van der Waals surface area contributed by atoms with Crippen molar-refractivity contribution in [2.24, 2.45) is 5.92 Å². The Labute approximate surface area is 120 Å². The normalized spacial score (nSPS) is 19.8. The summed E-state index contributed by atoms with van der Waals surface area (Å²) in [5.41, 5.74) is 2.05. The Balaban J connectivity index is 1.80. The summed E-state index contributed by atoms with van der Waals surface area (Å²) in [6, 6.07) is 0.197. The molecular weight excluding hydrogens is 254 g/mol. The first-order chi connectivity index (χ1) is 9.49. The zero-order chi connectivity index (χ0) is 14.7. The van der Waals surface area contributed by atoms with Crippen LogP contribution in [0.25, 0.3) is 0 Å². The summed E-state index contributed by atoms with van der Waals surface area (Å²) < 4.78 is 0. The second kappa shape index (κ2) is 6.39. The largest absolute Gasteiger partial charge is 0.349 e. The molecule has 0 saturated carbocycles. The van der Waals surface area contributed by atoms with Crippen molar-refractivity contribution < 1.29 is 9.59 Å². The van der Waals surface area contributed by atoms with Crippen LogP contribution in [0.15, 0.2) is 11.1 Å². The number of amides is 2. The zero-order valence-corrected chi connectivity index (χ0v) is 12.7. The Kier molecular flexibility index (Phi) is 4.81. The van der Waals surface area contributed by atoms with Gasteiger partial charge in [-0.25, -0.2) is 0 Å². The zero-order valence-electron chi connectivity index (χ0n) is 12.7. The van der Waals surface area contributed by atoms with Crippen molar-refractivity contribution >= 4 is 11.8 Å². The first-order valence-corrected chi connectivity index (χ1v) is 7.48. The van der Waals surface area contributed by atoms with Crippen molar-refractivity contribution in [1.29, 1.82) is 0 Å². The molecule has 5 heteroatoms. The van der Waals surface area contributed by atoms with Crippen molar-refractivity contribution in [1.82, 2.24) is 15.5 Å². The van der Waals surface area contributed by atoms with Gasteiger partial charge in [-0.1, -0.05) is 13.8 Å². The van der Waals surface area contributed by atoms with Gasteiger partial charge in [-0.3, -0.25) is 9.59 Å². The number of nitrogens with zero attached hydrogens (tertiary/aromatic N) is 1. The van der Waals surface area contributed by atoms with Gasteiger partial charge in [0.25, 0.3) is 0 Å². The summed E-state index contributed by atoms with van der Waals surface area (Å²) >= 11 is 0. The van der Waals surface area contributed by atoms with Crippen molar-refractivity contribution in [3.63, 3.8) is 0 Å². The summed E-state index contributed by atoms with van der Waals surface area (Å²) in [7, 11) is 0. The molecule has 0 unspecified atom stereocenters. The van der Waals surface area contributed by atoms with E-state index in [0.29, 0.717) is 0 Å². The lowest BCUT2D eigenvalue weighted by molar-refractivity contribution is -0.135. The third-order valence-corrected chi connectivity index (χ3v) is 4.18. The number of piperidine rings is 1. The van der Waals surface area contributed by atoms with E-state index in [1.165, 1.54) is 5.57 Å². The number of hydrogen-bond acceptors (Lipinski definition) is 3. The Morgan fingerprint density at radius 1 is 1.25 bits per heavy atom. The van der Waals surface area contributed by atoms with Crippen LogP contribution in [0.5, 0.6) is 0 Å². The predicted octanol–water partition coefficient (Wildman–Crippen LogP) is 0.669. The number of carbonyl (C=O) groups is 2. The molecule has 2 aliphatic rings. The average Bonchev–Trinajstić information content (AvgIpc) is 2.36. The summed E-state index contributed by atoms with van der Waals surface area (Å²) in [5.74, 6) is 0.322. The fraction of sp³-hybridized carbons (Fsp3) is 0.733. The van der Waals surface area contributed by atoms with Crippen LogP contribution in [-0.2, 0) is 9.59 Å². The molecular formula is C15H25N3O2. The Morgan fingerprint density at radius 3 is 2.30 bits per heavy atom. The molecule has 0 spiro atoms. The molecule has 112 valence electrons. The van der Waals surface area contributed by atoms with E-state index < -0.39 is 0 Å². The molecule has 0 atom stereocenters. The van der Waals surface area contributed by atoms with E-state index in [-0.39, 0.29) is 23.8 Å². The maximum absolute atomic E-state index is 12.1. The molecule has 2 rings (SSSR count). The van der Waals surface area contributed by atoms with Gasteiger partial charge in [-0.2, -0.15) is 0 Å².